The number of hydrogen-bond donors (Lipinski definition) is 0. The molecule has 1 unspecified atom stereocenters. The highest BCUT2D eigenvalue weighted by atomic mass is 16.2. The van der Waals surface area contributed by atoms with Gasteiger partial charge in [0, 0.05) is 31.7 Å². The van der Waals surface area contributed by atoms with E-state index < -0.39 is 0 Å². The third-order valence-electron chi connectivity index (χ3n) is 4.66. The zero-order valence-corrected chi connectivity index (χ0v) is 15.3. The molecule has 4 heteroatoms. The van der Waals surface area contributed by atoms with Crippen LogP contribution in [0.3, 0.4) is 0 Å². The Bertz CT molecular complexity index is 563. The first-order chi connectivity index (χ1) is 11.6. The van der Waals surface area contributed by atoms with Gasteiger partial charge < -0.3 is 9.80 Å². The number of carbonyl (C=O) groups excluding carboxylic acids is 2. The van der Waals surface area contributed by atoms with Crippen LogP contribution >= 0.6 is 0 Å². The van der Waals surface area contributed by atoms with Gasteiger partial charge in [0.05, 0.1) is 5.92 Å². The predicted octanol–water partition coefficient (Wildman–Crippen LogP) is 3.78. The number of unbranched alkanes of at least 4 members (excludes halogenated alkanes) is 2. The van der Waals surface area contributed by atoms with Gasteiger partial charge in [-0.3, -0.25) is 9.59 Å². The minimum Gasteiger partial charge on any atom is -0.342 e. The number of benzene rings is 1. The van der Waals surface area contributed by atoms with Gasteiger partial charge in [0.25, 0.3) is 0 Å². The van der Waals surface area contributed by atoms with Crippen molar-refractivity contribution in [2.45, 2.75) is 52.9 Å². The van der Waals surface area contributed by atoms with Crippen molar-refractivity contribution < 1.29 is 9.59 Å². The summed E-state index contributed by atoms with van der Waals surface area (Å²) in [6.07, 6.45) is 4.54. The van der Waals surface area contributed by atoms with E-state index in [4.69, 9.17) is 0 Å². The number of carbonyl (C=O) groups is 2. The number of amides is 2. The second-order valence-electron chi connectivity index (χ2n) is 6.78. The van der Waals surface area contributed by atoms with Crippen LogP contribution in [-0.4, -0.2) is 36.3 Å². The zero-order chi connectivity index (χ0) is 17.5. The predicted molar refractivity (Wildman–Crippen MR) is 98.0 cm³/mol. The molecule has 1 aromatic carbocycles. The standard InChI is InChI=1S/C20H30N2O2/c1-4-6-11-21(12-7-5-2)20(24)17-14-19(23)22(15-17)18-10-8-9-16(3)13-18/h8-10,13,17H,4-7,11-12,14-15H2,1-3H3. The molecular weight excluding hydrogens is 300 g/mol. The molecule has 0 bridgehead atoms. The monoisotopic (exact) mass is 330 g/mol. The Morgan fingerprint density at radius 1 is 1.21 bits per heavy atom. The second-order valence-corrected chi connectivity index (χ2v) is 6.78. The molecule has 132 valence electrons. The van der Waals surface area contributed by atoms with Gasteiger partial charge in [-0.25, -0.2) is 0 Å². The molecule has 1 aliphatic heterocycles. The molecule has 24 heavy (non-hydrogen) atoms. The van der Waals surface area contributed by atoms with Crippen molar-refractivity contribution in [3.63, 3.8) is 0 Å². The van der Waals surface area contributed by atoms with Crippen molar-refractivity contribution in [3.05, 3.63) is 29.8 Å². The highest BCUT2D eigenvalue weighted by molar-refractivity contribution is 6.00. The molecule has 1 aliphatic rings. The van der Waals surface area contributed by atoms with Gasteiger partial charge in [0.15, 0.2) is 0 Å². The van der Waals surface area contributed by atoms with Gasteiger partial charge in [0.1, 0.15) is 0 Å². The third-order valence-corrected chi connectivity index (χ3v) is 4.66. The Balaban J connectivity index is 2.05. The summed E-state index contributed by atoms with van der Waals surface area (Å²) in [5.74, 6) is 0.0111. The van der Waals surface area contributed by atoms with Crippen LogP contribution in [-0.2, 0) is 9.59 Å². The summed E-state index contributed by atoms with van der Waals surface area (Å²) >= 11 is 0. The maximum atomic E-state index is 12.9. The van der Waals surface area contributed by atoms with Crippen LogP contribution in [0.4, 0.5) is 5.69 Å². The van der Waals surface area contributed by atoms with Gasteiger partial charge in [-0.2, -0.15) is 0 Å². The molecule has 1 atom stereocenters. The molecule has 0 spiro atoms. The molecular formula is C20H30N2O2. The Morgan fingerprint density at radius 2 is 1.88 bits per heavy atom. The van der Waals surface area contributed by atoms with Crippen LogP contribution in [0.5, 0.6) is 0 Å². The molecule has 0 aliphatic carbocycles. The molecule has 2 rings (SSSR count). The van der Waals surface area contributed by atoms with Gasteiger partial charge in [-0.15, -0.1) is 0 Å². The largest absolute Gasteiger partial charge is 0.342 e. The average Bonchev–Trinajstić information content (AvgIpc) is 2.96. The normalized spacial score (nSPS) is 17.4. The van der Waals surface area contributed by atoms with E-state index in [1.165, 1.54) is 0 Å². The lowest BCUT2D eigenvalue weighted by Gasteiger charge is -2.25. The highest BCUT2D eigenvalue weighted by Crippen LogP contribution is 2.27. The fraction of sp³-hybridized carbons (Fsp3) is 0.600. The van der Waals surface area contributed by atoms with Crippen molar-refractivity contribution in [1.29, 1.82) is 0 Å². The fourth-order valence-electron chi connectivity index (χ4n) is 3.21. The molecule has 4 nitrogen and oxygen atoms in total. The zero-order valence-electron chi connectivity index (χ0n) is 15.3. The second kappa shape index (κ2) is 8.86. The lowest BCUT2D eigenvalue weighted by molar-refractivity contribution is -0.136. The van der Waals surface area contributed by atoms with E-state index in [0.717, 1.165) is 50.0 Å². The van der Waals surface area contributed by atoms with E-state index in [-0.39, 0.29) is 17.7 Å². The van der Waals surface area contributed by atoms with Gasteiger partial charge in [-0.1, -0.05) is 38.8 Å². The van der Waals surface area contributed by atoms with Crippen molar-refractivity contribution in [1.82, 2.24) is 4.90 Å². The number of nitrogens with zero attached hydrogens (tertiary/aromatic N) is 2. The SMILES string of the molecule is CCCCN(CCCC)C(=O)C1CC(=O)N(c2cccc(C)c2)C1. The average molecular weight is 330 g/mol. The molecule has 1 heterocycles. The van der Waals surface area contributed by atoms with Gasteiger partial charge >= 0.3 is 0 Å². The van der Waals surface area contributed by atoms with E-state index in [1.807, 2.05) is 36.1 Å². The van der Waals surface area contributed by atoms with Crippen molar-refractivity contribution in [3.8, 4) is 0 Å². The van der Waals surface area contributed by atoms with Crippen LogP contribution in [0, 0.1) is 12.8 Å². The summed E-state index contributed by atoms with van der Waals surface area (Å²) in [6, 6.07) is 7.94. The van der Waals surface area contributed by atoms with Gasteiger partial charge in [-0.05, 0) is 37.5 Å². The Hall–Kier alpha value is -1.84. The minimum absolute atomic E-state index is 0.0601. The highest BCUT2D eigenvalue weighted by Gasteiger charge is 2.36. The summed E-state index contributed by atoms with van der Waals surface area (Å²) in [7, 11) is 0. The number of rotatable bonds is 8. The third kappa shape index (κ3) is 4.59. The Morgan fingerprint density at radius 3 is 2.46 bits per heavy atom. The molecule has 0 aromatic heterocycles. The lowest BCUT2D eigenvalue weighted by atomic mass is 10.1. The molecule has 0 N–H and O–H groups in total. The van der Waals surface area contributed by atoms with Crippen LogP contribution in [0.15, 0.2) is 24.3 Å². The van der Waals surface area contributed by atoms with Crippen LogP contribution in [0.2, 0.25) is 0 Å². The summed E-state index contributed by atoms with van der Waals surface area (Å²) < 4.78 is 0. The van der Waals surface area contributed by atoms with Crippen molar-refractivity contribution in [2.75, 3.05) is 24.5 Å². The molecule has 0 radical (unpaired) electrons. The van der Waals surface area contributed by atoms with Crippen LogP contribution in [0.1, 0.15) is 51.5 Å². The molecule has 1 saturated heterocycles. The molecule has 1 fully saturated rings. The number of hydrogen-bond acceptors (Lipinski definition) is 2. The van der Waals surface area contributed by atoms with E-state index in [0.29, 0.717) is 13.0 Å². The summed E-state index contributed by atoms with van der Waals surface area (Å²) in [6.45, 7) is 8.43. The van der Waals surface area contributed by atoms with Crippen LogP contribution in [0.25, 0.3) is 0 Å². The number of anilines is 1. The first-order valence-electron chi connectivity index (χ1n) is 9.22. The smallest absolute Gasteiger partial charge is 0.228 e. The van der Waals surface area contributed by atoms with E-state index >= 15 is 0 Å². The number of aryl methyl sites for hydroxylation is 1. The molecule has 2 amide bonds. The fourth-order valence-corrected chi connectivity index (χ4v) is 3.21. The maximum absolute atomic E-state index is 12.9. The summed E-state index contributed by atoms with van der Waals surface area (Å²) in [5, 5.41) is 0. The van der Waals surface area contributed by atoms with E-state index in [9.17, 15) is 9.59 Å². The van der Waals surface area contributed by atoms with E-state index in [1.54, 1.807) is 4.90 Å². The minimum atomic E-state index is -0.202. The Labute approximate surface area is 145 Å². The maximum Gasteiger partial charge on any atom is 0.228 e. The summed E-state index contributed by atoms with van der Waals surface area (Å²) in [5.41, 5.74) is 2.03. The van der Waals surface area contributed by atoms with E-state index in [2.05, 4.69) is 13.8 Å². The van der Waals surface area contributed by atoms with Crippen molar-refractivity contribution >= 4 is 17.5 Å². The molecule has 1 aromatic rings. The Kier molecular flexibility index (Phi) is 6.83. The molecule has 0 saturated carbocycles. The van der Waals surface area contributed by atoms with Crippen LogP contribution < -0.4 is 4.90 Å². The first kappa shape index (κ1) is 18.5. The van der Waals surface area contributed by atoms with Crippen molar-refractivity contribution in [2.24, 2.45) is 5.92 Å². The summed E-state index contributed by atoms with van der Waals surface area (Å²) in [4.78, 5) is 29.0. The topological polar surface area (TPSA) is 40.6 Å². The lowest BCUT2D eigenvalue weighted by Crippen LogP contribution is -2.38. The quantitative estimate of drug-likeness (QED) is 0.728. The first-order valence-corrected chi connectivity index (χ1v) is 9.22. The van der Waals surface area contributed by atoms with Gasteiger partial charge in [0.2, 0.25) is 11.8 Å².